The van der Waals surface area contributed by atoms with Gasteiger partial charge in [0.15, 0.2) is 0 Å². The van der Waals surface area contributed by atoms with Crippen molar-refractivity contribution in [2.24, 2.45) is 0 Å². The Morgan fingerprint density at radius 1 is 0.739 bits per heavy atom. The van der Waals surface area contributed by atoms with E-state index < -0.39 is 30.0 Å². The zero-order chi connectivity index (χ0) is 17.7. The summed E-state index contributed by atoms with van der Waals surface area (Å²) in [6, 6.07) is 10.3. The fourth-order valence-electron chi connectivity index (χ4n) is 1.61. The molecule has 0 unspecified atom stereocenters. The Kier molecular flexibility index (Phi) is 7.21. The van der Waals surface area contributed by atoms with Crippen molar-refractivity contribution in [2.75, 3.05) is 0 Å². The number of hydrogen-bond donors (Lipinski definition) is 2. The fraction of sp³-hybridized carbons (Fsp3) is 0.0769. The molecule has 2 N–H and O–H groups in total. The summed E-state index contributed by atoms with van der Waals surface area (Å²) in [5, 5.41) is 0. The molecule has 0 aromatic heterocycles. The molecular weight excluding hydrogens is 355 g/mol. The molecule has 0 aliphatic carbocycles. The number of rotatable bonds is 4. The van der Waals surface area contributed by atoms with Crippen molar-refractivity contribution < 1.29 is 30.7 Å². The van der Waals surface area contributed by atoms with Crippen LogP contribution >= 0.6 is 0 Å². The molecule has 0 amide bonds. The first-order valence-electron chi connectivity index (χ1n) is 6.50. The van der Waals surface area contributed by atoms with Crippen LogP contribution in [0.25, 0.3) is 0 Å². The Hall–Kier alpha value is -0.940. The maximum absolute atomic E-state index is 11.2. The molecule has 10 heteroatoms. The van der Waals surface area contributed by atoms with Crippen molar-refractivity contribution in [1.82, 2.24) is 0 Å². The summed E-state index contributed by atoms with van der Waals surface area (Å²) in [4.78, 5) is -1.04. The quantitative estimate of drug-likeness (QED) is 0.627. The van der Waals surface area contributed by atoms with Gasteiger partial charge in [-0.2, -0.15) is 16.8 Å². The second-order valence-electron chi connectivity index (χ2n) is 3.95. The average Bonchev–Trinajstić information content (AvgIpc) is 2.48. The Balaban J connectivity index is 0.00000127. The van der Waals surface area contributed by atoms with Crippen LogP contribution in [0.3, 0.4) is 0 Å². The van der Waals surface area contributed by atoms with Gasteiger partial charge in [0.2, 0.25) is 0 Å². The van der Waals surface area contributed by atoms with Crippen LogP contribution in [0.15, 0.2) is 58.3 Å². The van der Waals surface area contributed by atoms with Crippen LogP contribution in [-0.4, -0.2) is 53.9 Å². The third-order valence-electron chi connectivity index (χ3n) is 2.47. The van der Waals surface area contributed by atoms with E-state index >= 15 is 0 Å². The fourth-order valence-corrected chi connectivity index (χ4v) is 2.84. The van der Waals surface area contributed by atoms with Crippen LogP contribution in [0.2, 0.25) is 4.17 Å². The molecule has 0 spiro atoms. The zero-order valence-electron chi connectivity index (χ0n) is 12.4. The molecule has 0 atom stereocenters. The molecule has 0 aliphatic rings. The van der Waals surface area contributed by atoms with Gasteiger partial charge in [-0.15, -0.1) is 0 Å². The van der Waals surface area contributed by atoms with Gasteiger partial charge < -0.3 is 4.74 Å². The third-order valence-corrected chi connectivity index (χ3v) is 4.26. The molecule has 0 radical (unpaired) electrons. The number of para-hydroxylation sites is 2. The molecule has 23 heavy (non-hydrogen) atoms. The molecule has 2 aromatic carbocycles. The van der Waals surface area contributed by atoms with Crippen molar-refractivity contribution in [3.05, 3.63) is 48.5 Å². The van der Waals surface area contributed by atoms with E-state index in [1.165, 1.54) is 64.3 Å². The normalized spacial score (nSPS) is 11.3. The van der Waals surface area contributed by atoms with Crippen molar-refractivity contribution >= 4 is 48.2 Å². The second-order valence-corrected chi connectivity index (χ2v) is 6.73. The molecule has 0 heterocycles. The van der Waals surface area contributed by atoms with E-state index in [0.29, 0.717) is 0 Å². The third kappa shape index (κ3) is 5.57. The predicted octanol–water partition coefficient (Wildman–Crippen LogP) is 2.18. The van der Waals surface area contributed by atoms with E-state index in [4.69, 9.17) is 13.8 Å². The van der Waals surface area contributed by atoms with E-state index in [1.807, 2.05) is 0 Å². The SMILES string of the molecule is O=S(=O)(O)c1ccccc1Oc1ccccc1S(=O)(=O)O.[CH3][Na]. The summed E-state index contributed by atoms with van der Waals surface area (Å²) >= 11 is 1.31. The molecule has 120 valence electrons. The molecule has 2 aromatic rings. The van der Waals surface area contributed by atoms with Gasteiger partial charge in [0.25, 0.3) is 20.2 Å². The number of hydrogen-bond acceptors (Lipinski definition) is 5. The zero-order valence-corrected chi connectivity index (χ0v) is 16.0. The van der Waals surface area contributed by atoms with Gasteiger partial charge in [-0.3, -0.25) is 9.11 Å². The van der Waals surface area contributed by atoms with Gasteiger partial charge in [-0.25, -0.2) is 0 Å². The van der Waals surface area contributed by atoms with Crippen molar-refractivity contribution in [1.29, 1.82) is 0 Å². The first-order valence-corrected chi connectivity index (χ1v) is 11.4. The van der Waals surface area contributed by atoms with E-state index in [2.05, 4.69) is 4.17 Å². The Labute approximate surface area is 152 Å². The molecule has 0 saturated heterocycles. The topological polar surface area (TPSA) is 118 Å². The minimum absolute atomic E-state index is 0.267. The summed E-state index contributed by atoms with van der Waals surface area (Å²) in [6.45, 7) is 0. The van der Waals surface area contributed by atoms with Crippen LogP contribution in [-0.2, 0) is 20.2 Å². The molecule has 0 saturated carbocycles. The van der Waals surface area contributed by atoms with Gasteiger partial charge in [-0.1, -0.05) is 24.3 Å². The van der Waals surface area contributed by atoms with Crippen molar-refractivity contribution in [2.45, 2.75) is 14.0 Å². The monoisotopic (exact) mass is 368 g/mol. The first kappa shape index (κ1) is 20.1. The first-order chi connectivity index (χ1) is 10.7. The van der Waals surface area contributed by atoms with Gasteiger partial charge in [0.05, 0.1) is 0 Å². The van der Waals surface area contributed by atoms with Gasteiger partial charge in [0.1, 0.15) is 21.3 Å². The average molecular weight is 368 g/mol. The summed E-state index contributed by atoms with van der Waals surface area (Å²) in [5.41, 5.74) is 0. The second kappa shape index (κ2) is 8.25. The van der Waals surface area contributed by atoms with E-state index in [0.717, 1.165) is 12.1 Å². The van der Waals surface area contributed by atoms with E-state index in [9.17, 15) is 16.8 Å². The van der Waals surface area contributed by atoms with Crippen LogP contribution in [0.5, 0.6) is 11.5 Å². The standard InChI is InChI=1S/C12H10O7S2.CH3.Na/c13-20(14,15)11-7-3-1-5-9(11)19-10-6-2-4-8-12(10)21(16,17)18;;/h1-8H,(H,13,14,15)(H,16,17,18);1H3;. The molecule has 7 nitrogen and oxygen atoms in total. The Morgan fingerprint density at radius 2 is 1.04 bits per heavy atom. The summed E-state index contributed by atoms with van der Waals surface area (Å²) < 4.78 is 70.5. The molecule has 0 bridgehead atoms. The Bertz CT molecular complexity index is 803. The summed E-state index contributed by atoms with van der Waals surface area (Å²) in [7, 11) is -9.08. The van der Waals surface area contributed by atoms with Crippen LogP contribution < -0.4 is 4.74 Å². The molecule has 0 aliphatic heterocycles. The van der Waals surface area contributed by atoms with E-state index in [-0.39, 0.29) is 11.5 Å². The Morgan fingerprint density at radius 3 is 1.35 bits per heavy atom. The maximum atomic E-state index is 11.2. The van der Waals surface area contributed by atoms with Crippen molar-refractivity contribution in [3.8, 4) is 11.5 Å². The van der Waals surface area contributed by atoms with E-state index in [1.54, 1.807) is 0 Å². The molecular formula is C13H13NaO7S2. The molecule has 2 rings (SSSR count). The van der Waals surface area contributed by atoms with Gasteiger partial charge >= 0.3 is 32.1 Å². The summed E-state index contributed by atoms with van der Waals surface area (Å²) in [6.07, 6.45) is 0. The van der Waals surface area contributed by atoms with Crippen molar-refractivity contribution in [3.63, 3.8) is 0 Å². The van der Waals surface area contributed by atoms with Crippen LogP contribution in [0.1, 0.15) is 0 Å². The number of ether oxygens (including phenoxy) is 1. The summed E-state index contributed by atoms with van der Waals surface area (Å²) in [5.74, 6) is -0.535. The van der Waals surface area contributed by atoms with Crippen LogP contribution in [0, 0.1) is 0 Å². The minimum atomic E-state index is -4.54. The van der Waals surface area contributed by atoms with Gasteiger partial charge in [-0.05, 0) is 24.3 Å². The number of benzene rings is 2. The van der Waals surface area contributed by atoms with Crippen LogP contribution in [0.4, 0.5) is 0 Å². The molecule has 0 fully saturated rings. The van der Waals surface area contributed by atoms with Gasteiger partial charge in [0, 0.05) is 0 Å². The predicted molar refractivity (Wildman–Crippen MR) is 84.2 cm³/mol.